The lowest BCUT2D eigenvalue weighted by Gasteiger charge is -2.14. The van der Waals surface area contributed by atoms with Gasteiger partial charge in [-0.15, -0.1) is 0 Å². The van der Waals surface area contributed by atoms with Crippen molar-refractivity contribution in [3.8, 4) is 0 Å². The number of nitrogens with one attached hydrogen (secondary N) is 1. The van der Waals surface area contributed by atoms with Gasteiger partial charge in [-0.05, 0) is 36.9 Å². The van der Waals surface area contributed by atoms with E-state index >= 15 is 0 Å². The van der Waals surface area contributed by atoms with Gasteiger partial charge in [-0.2, -0.15) is 0 Å². The maximum absolute atomic E-state index is 12.3. The normalized spacial score (nSPS) is 13.8. The molecule has 1 aliphatic heterocycles. The number of rotatable bonds is 3. The summed E-state index contributed by atoms with van der Waals surface area (Å²) < 4.78 is 0. The van der Waals surface area contributed by atoms with Crippen molar-refractivity contribution in [2.45, 2.75) is 6.54 Å². The Morgan fingerprint density at radius 3 is 2.50 bits per heavy atom. The third kappa shape index (κ3) is 1.88. The number of carbonyl (C=O) groups is 2. The second-order valence-electron chi connectivity index (χ2n) is 4.54. The minimum absolute atomic E-state index is 0.219. The first-order valence-corrected chi connectivity index (χ1v) is 6.29. The third-order valence-electron chi connectivity index (χ3n) is 3.22. The molecule has 2 aromatic rings. The summed E-state index contributed by atoms with van der Waals surface area (Å²) in [6.45, 7) is 0.740. The van der Waals surface area contributed by atoms with Crippen LogP contribution in [0, 0.1) is 0 Å². The Kier molecular flexibility index (Phi) is 3.04. The molecule has 0 spiro atoms. The summed E-state index contributed by atoms with van der Waals surface area (Å²) in [5.74, 6) is -0.688. The molecule has 1 aromatic carbocycles. The molecule has 5 heteroatoms. The van der Waals surface area contributed by atoms with E-state index in [4.69, 9.17) is 0 Å². The molecule has 0 saturated heterocycles. The van der Waals surface area contributed by atoms with Crippen LogP contribution in [-0.2, 0) is 6.54 Å². The SMILES string of the molecule is CNCc1ccc(N2C(=O)c3cccnc3C2=O)cc1. The quantitative estimate of drug-likeness (QED) is 0.858. The summed E-state index contributed by atoms with van der Waals surface area (Å²) in [6, 6.07) is 10.6. The summed E-state index contributed by atoms with van der Waals surface area (Å²) >= 11 is 0. The van der Waals surface area contributed by atoms with E-state index in [-0.39, 0.29) is 17.5 Å². The molecule has 5 nitrogen and oxygen atoms in total. The van der Waals surface area contributed by atoms with Crippen LogP contribution in [0.3, 0.4) is 0 Å². The lowest BCUT2D eigenvalue weighted by atomic mass is 10.2. The largest absolute Gasteiger partial charge is 0.316 e. The summed E-state index contributed by atoms with van der Waals surface area (Å²) in [7, 11) is 1.86. The van der Waals surface area contributed by atoms with Gasteiger partial charge in [0.1, 0.15) is 5.69 Å². The maximum atomic E-state index is 12.3. The number of fused-ring (bicyclic) bond motifs is 1. The summed E-state index contributed by atoms with van der Waals surface area (Å²) in [5.41, 5.74) is 2.23. The average Bonchev–Trinajstić information content (AvgIpc) is 2.73. The molecule has 0 atom stereocenters. The van der Waals surface area contributed by atoms with E-state index in [1.165, 1.54) is 11.1 Å². The van der Waals surface area contributed by atoms with Crippen LogP contribution in [0.4, 0.5) is 5.69 Å². The Hall–Kier alpha value is -2.53. The van der Waals surface area contributed by atoms with Crippen molar-refractivity contribution in [1.29, 1.82) is 0 Å². The fourth-order valence-electron chi connectivity index (χ4n) is 2.27. The maximum Gasteiger partial charge on any atom is 0.284 e. The second-order valence-corrected chi connectivity index (χ2v) is 4.54. The zero-order chi connectivity index (χ0) is 14.1. The predicted molar refractivity (Wildman–Crippen MR) is 74.6 cm³/mol. The molecule has 1 aromatic heterocycles. The number of nitrogens with zero attached hydrogens (tertiary/aromatic N) is 2. The van der Waals surface area contributed by atoms with Crippen molar-refractivity contribution >= 4 is 17.5 Å². The molecule has 1 N–H and O–H groups in total. The first kappa shape index (κ1) is 12.5. The van der Waals surface area contributed by atoms with E-state index in [1.54, 1.807) is 24.3 Å². The van der Waals surface area contributed by atoms with Gasteiger partial charge in [0.25, 0.3) is 11.8 Å². The number of anilines is 1. The molecular formula is C15H13N3O2. The molecule has 0 radical (unpaired) electrons. The van der Waals surface area contributed by atoms with E-state index < -0.39 is 0 Å². The molecule has 2 heterocycles. The lowest BCUT2D eigenvalue weighted by molar-refractivity contribution is 0.0924. The van der Waals surface area contributed by atoms with Crippen molar-refractivity contribution in [2.24, 2.45) is 0 Å². The number of pyridine rings is 1. The van der Waals surface area contributed by atoms with E-state index in [0.717, 1.165) is 12.1 Å². The van der Waals surface area contributed by atoms with Crippen LogP contribution in [0.15, 0.2) is 42.6 Å². The molecule has 0 fully saturated rings. The van der Waals surface area contributed by atoms with Crippen molar-refractivity contribution < 1.29 is 9.59 Å². The van der Waals surface area contributed by atoms with Crippen molar-refractivity contribution in [3.05, 3.63) is 59.4 Å². The fraction of sp³-hybridized carbons (Fsp3) is 0.133. The summed E-state index contributed by atoms with van der Waals surface area (Å²) in [6.07, 6.45) is 1.52. The smallest absolute Gasteiger partial charge is 0.284 e. The van der Waals surface area contributed by atoms with Gasteiger partial charge in [-0.25, -0.2) is 4.90 Å². The number of carbonyl (C=O) groups excluding carboxylic acids is 2. The molecule has 2 amide bonds. The van der Waals surface area contributed by atoms with E-state index in [1.807, 2.05) is 19.2 Å². The highest BCUT2D eigenvalue weighted by molar-refractivity contribution is 6.33. The lowest BCUT2D eigenvalue weighted by Crippen LogP contribution is -2.29. The minimum atomic E-state index is -0.369. The van der Waals surface area contributed by atoms with Gasteiger partial charge in [-0.1, -0.05) is 12.1 Å². The molecule has 3 rings (SSSR count). The Labute approximate surface area is 116 Å². The summed E-state index contributed by atoms with van der Waals surface area (Å²) in [4.78, 5) is 29.7. The third-order valence-corrected chi connectivity index (χ3v) is 3.22. The van der Waals surface area contributed by atoms with Crippen LogP contribution in [0.25, 0.3) is 0 Å². The van der Waals surface area contributed by atoms with Crippen molar-refractivity contribution in [3.63, 3.8) is 0 Å². The highest BCUT2D eigenvalue weighted by Crippen LogP contribution is 2.27. The predicted octanol–water partition coefficient (Wildman–Crippen LogP) is 1.60. The molecule has 20 heavy (non-hydrogen) atoms. The molecule has 0 bridgehead atoms. The van der Waals surface area contributed by atoms with E-state index in [2.05, 4.69) is 10.3 Å². The number of benzene rings is 1. The van der Waals surface area contributed by atoms with Crippen LogP contribution in [-0.4, -0.2) is 23.8 Å². The monoisotopic (exact) mass is 267 g/mol. The molecular weight excluding hydrogens is 254 g/mol. The molecule has 100 valence electrons. The first-order valence-electron chi connectivity index (χ1n) is 6.29. The number of hydrogen-bond donors (Lipinski definition) is 1. The van der Waals surface area contributed by atoms with E-state index in [0.29, 0.717) is 11.3 Å². The fourth-order valence-corrected chi connectivity index (χ4v) is 2.27. The highest BCUT2D eigenvalue weighted by Gasteiger charge is 2.37. The van der Waals surface area contributed by atoms with Crippen LogP contribution < -0.4 is 10.2 Å². The first-order chi connectivity index (χ1) is 9.72. The van der Waals surface area contributed by atoms with Gasteiger partial charge in [-0.3, -0.25) is 14.6 Å². The van der Waals surface area contributed by atoms with Gasteiger partial charge in [0, 0.05) is 12.7 Å². The molecule has 0 unspecified atom stereocenters. The Morgan fingerprint density at radius 2 is 1.85 bits per heavy atom. The zero-order valence-electron chi connectivity index (χ0n) is 11.0. The van der Waals surface area contributed by atoms with Gasteiger partial charge < -0.3 is 5.32 Å². The van der Waals surface area contributed by atoms with Crippen molar-refractivity contribution in [2.75, 3.05) is 11.9 Å². The van der Waals surface area contributed by atoms with E-state index in [9.17, 15) is 9.59 Å². The van der Waals surface area contributed by atoms with Crippen LogP contribution in [0.1, 0.15) is 26.4 Å². The summed E-state index contributed by atoms with van der Waals surface area (Å²) in [5, 5.41) is 3.05. The second kappa shape index (κ2) is 4.86. The average molecular weight is 267 g/mol. The van der Waals surface area contributed by atoms with Crippen LogP contribution >= 0.6 is 0 Å². The van der Waals surface area contributed by atoms with Gasteiger partial charge in [0.2, 0.25) is 0 Å². The standard InChI is InChI=1S/C15H13N3O2/c1-16-9-10-4-6-11(7-5-10)18-14(19)12-3-2-8-17-13(12)15(18)20/h2-8,16H,9H2,1H3. The molecule has 0 aliphatic carbocycles. The van der Waals surface area contributed by atoms with Gasteiger partial charge in [0.05, 0.1) is 11.3 Å². The Morgan fingerprint density at radius 1 is 1.10 bits per heavy atom. The van der Waals surface area contributed by atoms with Gasteiger partial charge >= 0.3 is 0 Å². The highest BCUT2D eigenvalue weighted by atomic mass is 16.2. The van der Waals surface area contributed by atoms with Crippen LogP contribution in [0.5, 0.6) is 0 Å². The molecule has 0 saturated carbocycles. The number of imide groups is 1. The topological polar surface area (TPSA) is 62.3 Å². The zero-order valence-corrected chi connectivity index (χ0v) is 11.0. The van der Waals surface area contributed by atoms with Gasteiger partial charge in [0.15, 0.2) is 0 Å². The van der Waals surface area contributed by atoms with Crippen molar-refractivity contribution in [1.82, 2.24) is 10.3 Å². The number of aromatic nitrogens is 1. The Balaban J connectivity index is 1.96. The number of hydrogen-bond acceptors (Lipinski definition) is 4. The Bertz CT molecular complexity index is 645. The van der Waals surface area contributed by atoms with Crippen LogP contribution in [0.2, 0.25) is 0 Å². The minimum Gasteiger partial charge on any atom is -0.316 e. The molecule has 1 aliphatic rings. The number of amides is 2.